The largest absolute Gasteiger partial charge is 0.474 e. The normalized spacial score (nSPS) is 24.5. The fraction of sp³-hybridized carbons (Fsp3) is 0.460. The highest BCUT2D eigenvalue weighted by molar-refractivity contribution is 6.23. The van der Waals surface area contributed by atoms with Crippen molar-refractivity contribution in [1.82, 2.24) is 29.2 Å². The molecular formula is C50H55N7O4. The van der Waals surface area contributed by atoms with Gasteiger partial charge in [0.2, 0.25) is 5.88 Å². The summed E-state index contributed by atoms with van der Waals surface area (Å²) in [5.41, 5.74) is 7.84. The molecule has 3 aromatic heterocycles. The van der Waals surface area contributed by atoms with E-state index in [0.717, 1.165) is 61.2 Å². The topological polar surface area (TPSA) is 104 Å². The second-order valence-electron chi connectivity index (χ2n) is 19.2. The van der Waals surface area contributed by atoms with Crippen LogP contribution in [0.5, 0.6) is 5.88 Å². The number of ketones is 1. The van der Waals surface area contributed by atoms with Gasteiger partial charge in [-0.15, -0.1) is 0 Å². The molecule has 5 aromatic rings. The molecule has 5 fully saturated rings. The van der Waals surface area contributed by atoms with Gasteiger partial charge in [-0.2, -0.15) is 0 Å². The maximum absolute atomic E-state index is 13.4. The summed E-state index contributed by atoms with van der Waals surface area (Å²) in [4.78, 5) is 57.3. The molecule has 6 aliphatic rings. The van der Waals surface area contributed by atoms with E-state index in [2.05, 4.69) is 75.3 Å². The van der Waals surface area contributed by atoms with Gasteiger partial charge < -0.3 is 24.0 Å². The van der Waals surface area contributed by atoms with Crippen LogP contribution in [0.2, 0.25) is 0 Å². The highest BCUT2D eigenvalue weighted by Crippen LogP contribution is 2.51. The lowest BCUT2D eigenvalue weighted by atomic mass is 9.59. The number of Topliss-reactive ketones (excluding diaryl/α,β-unsaturated/α-hetero) is 1. The third kappa shape index (κ3) is 6.75. The number of fused-ring (bicyclic) bond motifs is 4. The van der Waals surface area contributed by atoms with Crippen molar-refractivity contribution in [1.29, 1.82) is 0 Å². The van der Waals surface area contributed by atoms with Gasteiger partial charge in [-0.3, -0.25) is 24.3 Å². The molecule has 3 saturated carbocycles. The Morgan fingerprint density at radius 2 is 1.64 bits per heavy atom. The number of hydrogen-bond acceptors (Lipinski definition) is 9. The maximum Gasteiger partial charge on any atom is 0.262 e. The van der Waals surface area contributed by atoms with Crippen LogP contribution in [0, 0.1) is 11.3 Å². The molecule has 2 aromatic carbocycles. The van der Waals surface area contributed by atoms with E-state index < -0.39 is 6.04 Å². The Kier molecular flexibility index (Phi) is 9.41. The zero-order valence-corrected chi connectivity index (χ0v) is 35.4. The maximum atomic E-state index is 13.4. The highest BCUT2D eigenvalue weighted by atomic mass is 16.5. The number of aryl methyl sites for hydroxylation is 1. The monoisotopic (exact) mass is 817 g/mol. The first kappa shape index (κ1) is 38.5. The summed E-state index contributed by atoms with van der Waals surface area (Å²) in [6, 6.07) is 19.0. The SMILES string of the molecule is C=C1CCC(N2C(=O)c3ccc(N4CCC(CCN5CC6(CC(N(C)[C@H]7C[C@H](Oc8ccc(-c9ccc%10c%11cnccc%11n(C)c%10c9)cn8)C7)C6)C5)CC4)cc3C2=O)C(=O)C1. The van der Waals surface area contributed by atoms with Gasteiger partial charge in [-0.1, -0.05) is 24.3 Å². The fourth-order valence-corrected chi connectivity index (χ4v) is 11.6. The number of anilines is 1. The van der Waals surface area contributed by atoms with Gasteiger partial charge in [0.05, 0.1) is 22.7 Å². The summed E-state index contributed by atoms with van der Waals surface area (Å²) in [6.45, 7) is 9.49. The number of nitrogens with zero attached hydrogens (tertiary/aromatic N) is 7. The van der Waals surface area contributed by atoms with Gasteiger partial charge >= 0.3 is 0 Å². The molecule has 3 aliphatic heterocycles. The number of rotatable bonds is 10. The van der Waals surface area contributed by atoms with Gasteiger partial charge in [0.15, 0.2) is 5.78 Å². The molecular weight excluding hydrogens is 763 g/mol. The molecule has 11 nitrogen and oxygen atoms in total. The lowest BCUT2D eigenvalue weighted by Gasteiger charge is -2.62. The van der Waals surface area contributed by atoms with Gasteiger partial charge in [0.25, 0.3) is 11.8 Å². The second kappa shape index (κ2) is 14.9. The van der Waals surface area contributed by atoms with Crippen LogP contribution in [0.15, 0.2) is 85.3 Å². The Balaban J connectivity index is 0.594. The summed E-state index contributed by atoms with van der Waals surface area (Å²) < 4.78 is 8.56. The average molecular weight is 818 g/mol. The van der Waals surface area contributed by atoms with Crippen molar-refractivity contribution < 1.29 is 19.1 Å². The number of pyridine rings is 2. The number of imide groups is 1. The molecule has 0 bridgehead atoms. The molecule has 1 unspecified atom stereocenters. The van der Waals surface area contributed by atoms with Crippen LogP contribution < -0.4 is 9.64 Å². The minimum Gasteiger partial charge on any atom is -0.474 e. The number of allylic oxidation sites excluding steroid dienone is 1. The number of carbonyl (C=O) groups excluding carboxylic acids is 3. The van der Waals surface area contributed by atoms with Crippen molar-refractivity contribution in [3.63, 3.8) is 0 Å². The predicted molar refractivity (Wildman–Crippen MR) is 237 cm³/mol. The Hall–Kier alpha value is -5.39. The second-order valence-corrected chi connectivity index (χ2v) is 19.2. The minimum absolute atomic E-state index is 0.0848. The molecule has 6 heterocycles. The van der Waals surface area contributed by atoms with Crippen molar-refractivity contribution in [3.05, 3.63) is 96.5 Å². The van der Waals surface area contributed by atoms with Gasteiger partial charge in [-0.25, -0.2) is 4.98 Å². The van der Waals surface area contributed by atoms with E-state index in [-0.39, 0.29) is 30.1 Å². The lowest BCUT2D eigenvalue weighted by Crippen LogP contribution is -2.67. The van der Waals surface area contributed by atoms with Gasteiger partial charge in [0.1, 0.15) is 6.10 Å². The van der Waals surface area contributed by atoms with Gasteiger partial charge in [0, 0.05) is 117 Å². The molecule has 1 spiro atoms. The number of piperidine rings is 1. The average Bonchev–Trinajstić information content (AvgIpc) is 3.65. The molecule has 2 amide bonds. The van der Waals surface area contributed by atoms with Crippen LogP contribution in [0.4, 0.5) is 5.69 Å². The van der Waals surface area contributed by atoms with E-state index >= 15 is 0 Å². The summed E-state index contributed by atoms with van der Waals surface area (Å²) in [5, 5.41) is 2.39. The molecule has 3 aliphatic carbocycles. The van der Waals surface area contributed by atoms with E-state index in [0.29, 0.717) is 53.3 Å². The molecule has 11 heteroatoms. The molecule has 0 N–H and O–H groups in total. The summed E-state index contributed by atoms with van der Waals surface area (Å²) in [7, 11) is 4.43. The summed E-state index contributed by atoms with van der Waals surface area (Å²) in [5.74, 6) is 0.660. The van der Waals surface area contributed by atoms with E-state index in [1.165, 1.54) is 65.6 Å². The van der Waals surface area contributed by atoms with Crippen molar-refractivity contribution in [2.45, 2.75) is 88.4 Å². The van der Waals surface area contributed by atoms with Crippen LogP contribution in [-0.4, -0.2) is 111 Å². The van der Waals surface area contributed by atoms with Crippen LogP contribution in [0.25, 0.3) is 32.9 Å². The Morgan fingerprint density at radius 1 is 0.852 bits per heavy atom. The molecule has 11 rings (SSSR count). The number of aromatic nitrogens is 3. The zero-order valence-electron chi connectivity index (χ0n) is 35.4. The first-order valence-corrected chi connectivity index (χ1v) is 22.5. The van der Waals surface area contributed by atoms with Gasteiger partial charge in [-0.05, 0) is 112 Å². The molecule has 314 valence electrons. The van der Waals surface area contributed by atoms with Crippen molar-refractivity contribution in [2.75, 3.05) is 44.7 Å². The number of amides is 2. The van der Waals surface area contributed by atoms with E-state index in [9.17, 15) is 14.4 Å². The quantitative estimate of drug-likeness (QED) is 0.104. The van der Waals surface area contributed by atoms with E-state index in [1.807, 2.05) is 36.8 Å². The van der Waals surface area contributed by atoms with Crippen LogP contribution in [0.3, 0.4) is 0 Å². The minimum atomic E-state index is -0.676. The molecule has 61 heavy (non-hydrogen) atoms. The number of carbonyl (C=O) groups is 3. The van der Waals surface area contributed by atoms with Crippen molar-refractivity contribution >= 4 is 45.1 Å². The van der Waals surface area contributed by atoms with Crippen LogP contribution in [0.1, 0.15) is 84.9 Å². The zero-order chi connectivity index (χ0) is 41.6. The number of hydrogen-bond donors (Lipinski definition) is 0. The third-order valence-electron chi connectivity index (χ3n) is 15.5. The van der Waals surface area contributed by atoms with E-state index in [1.54, 1.807) is 6.07 Å². The van der Waals surface area contributed by atoms with Crippen LogP contribution in [-0.2, 0) is 11.8 Å². The fourth-order valence-electron chi connectivity index (χ4n) is 11.6. The first-order chi connectivity index (χ1) is 29.6. The van der Waals surface area contributed by atoms with Crippen molar-refractivity contribution in [3.8, 4) is 17.0 Å². The summed E-state index contributed by atoms with van der Waals surface area (Å²) in [6.07, 6.45) is 15.6. The number of likely N-dealkylation sites (tertiary alicyclic amines) is 1. The molecule has 1 atom stereocenters. The number of benzene rings is 2. The highest BCUT2D eigenvalue weighted by Gasteiger charge is 2.54. The lowest BCUT2D eigenvalue weighted by molar-refractivity contribution is -0.124. The third-order valence-corrected chi connectivity index (χ3v) is 15.5. The van der Waals surface area contributed by atoms with Crippen LogP contribution >= 0.6 is 0 Å². The Bertz CT molecular complexity index is 2570. The summed E-state index contributed by atoms with van der Waals surface area (Å²) >= 11 is 0. The Labute approximate surface area is 357 Å². The predicted octanol–water partition coefficient (Wildman–Crippen LogP) is 7.68. The van der Waals surface area contributed by atoms with Crippen molar-refractivity contribution in [2.24, 2.45) is 18.4 Å². The smallest absolute Gasteiger partial charge is 0.262 e. The first-order valence-electron chi connectivity index (χ1n) is 22.5. The Morgan fingerprint density at radius 3 is 2.41 bits per heavy atom. The molecule has 2 saturated heterocycles. The number of ether oxygens (including phenoxy) is 1. The van der Waals surface area contributed by atoms with E-state index in [4.69, 9.17) is 9.72 Å². The standard InChI is InChI=1S/C50H55N7O4/c1-31-4-10-44(46(58)20-31)57-48(59)40-9-7-35(24-41(40)49(57)60)56-18-14-32(15-19-56)13-17-55-29-50(30-55)25-37(26-50)53(2)36-22-38(23-36)61-47-11-6-34(27-52-47)33-5-8-39-42-28-51-16-12-43(42)54(3)45(39)21-33/h5-9,11-12,16,21,24,27-28,32,36-38,44H,1,4,10,13-15,17-20,22-23,25-26,29-30H2,2-3H3/t36-,38-,44?. The molecule has 0 radical (unpaired) electrons.